The van der Waals surface area contributed by atoms with Crippen LogP contribution in [0.1, 0.15) is 43.0 Å². The van der Waals surface area contributed by atoms with E-state index in [1.807, 2.05) is 0 Å². The number of ketones is 1. The monoisotopic (exact) mass is 264 g/mol. The molecule has 0 aliphatic carbocycles. The van der Waals surface area contributed by atoms with Crippen molar-refractivity contribution in [2.45, 2.75) is 38.6 Å². The normalized spacial score (nSPS) is 19.3. The minimum absolute atomic E-state index is 0.0328. The first-order valence-corrected chi connectivity index (χ1v) is 6.49. The van der Waals surface area contributed by atoms with Gasteiger partial charge in [-0.3, -0.25) is 14.6 Å². The van der Waals surface area contributed by atoms with Gasteiger partial charge in [-0.25, -0.2) is 4.39 Å². The molecule has 1 amide bonds. The molecule has 5 heteroatoms. The van der Waals surface area contributed by atoms with Gasteiger partial charge in [-0.2, -0.15) is 0 Å². The molecule has 0 saturated carbocycles. The molecule has 2 heterocycles. The Morgan fingerprint density at radius 2 is 2.26 bits per heavy atom. The summed E-state index contributed by atoms with van der Waals surface area (Å²) >= 11 is 0. The first-order valence-electron chi connectivity index (χ1n) is 6.49. The molecule has 1 aromatic heterocycles. The van der Waals surface area contributed by atoms with Crippen molar-refractivity contribution in [1.29, 1.82) is 0 Å². The number of nitrogens with zero attached hydrogens (tertiary/aromatic N) is 2. The van der Waals surface area contributed by atoms with Gasteiger partial charge in [0.2, 0.25) is 0 Å². The molecule has 0 bridgehead atoms. The summed E-state index contributed by atoms with van der Waals surface area (Å²) in [5, 5.41) is 0. The van der Waals surface area contributed by atoms with Crippen molar-refractivity contribution in [2.24, 2.45) is 0 Å². The molecule has 1 saturated heterocycles. The highest BCUT2D eigenvalue weighted by molar-refractivity contribution is 5.95. The van der Waals surface area contributed by atoms with Crippen LogP contribution in [0.2, 0.25) is 0 Å². The lowest BCUT2D eigenvalue weighted by Crippen LogP contribution is -2.44. The zero-order valence-electron chi connectivity index (χ0n) is 10.9. The summed E-state index contributed by atoms with van der Waals surface area (Å²) < 4.78 is 13.6. The van der Waals surface area contributed by atoms with Gasteiger partial charge in [0, 0.05) is 25.2 Å². The fourth-order valence-electron chi connectivity index (χ4n) is 2.52. The number of carbonyl (C=O) groups excluding carboxylic acids is 2. The first kappa shape index (κ1) is 13.6. The first-order chi connectivity index (χ1) is 9.09. The zero-order valence-corrected chi connectivity index (χ0v) is 10.9. The van der Waals surface area contributed by atoms with E-state index < -0.39 is 5.82 Å². The molecule has 0 N–H and O–H groups in total. The van der Waals surface area contributed by atoms with Crippen molar-refractivity contribution in [3.8, 4) is 0 Å². The Morgan fingerprint density at radius 1 is 1.47 bits per heavy atom. The fourth-order valence-corrected chi connectivity index (χ4v) is 2.52. The van der Waals surface area contributed by atoms with Crippen LogP contribution in [0.4, 0.5) is 4.39 Å². The average molecular weight is 264 g/mol. The van der Waals surface area contributed by atoms with Crippen molar-refractivity contribution in [1.82, 2.24) is 9.88 Å². The fraction of sp³-hybridized carbons (Fsp3) is 0.500. The molecule has 1 unspecified atom stereocenters. The molecule has 1 aromatic rings. The number of rotatable bonds is 3. The van der Waals surface area contributed by atoms with Gasteiger partial charge in [0.1, 0.15) is 5.78 Å². The SMILES string of the molecule is CC(=O)CC1CCCCN1C(=O)c1ccncc1F. The van der Waals surface area contributed by atoms with E-state index in [-0.39, 0.29) is 23.3 Å². The Labute approximate surface area is 111 Å². The Morgan fingerprint density at radius 3 is 2.95 bits per heavy atom. The summed E-state index contributed by atoms with van der Waals surface area (Å²) in [5.74, 6) is -0.898. The van der Waals surface area contributed by atoms with Crippen LogP contribution in [0.5, 0.6) is 0 Å². The van der Waals surface area contributed by atoms with Crippen LogP contribution in [0.15, 0.2) is 18.5 Å². The van der Waals surface area contributed by atoms with Crippen LogP contribution in [-0.2, 0) is 4.79 Å². The van der Waals surface area contributed by atoms with E-state index in [1.165, 1.54) is 19.2 Å². The second-order valence-corrected chi connectivity index (χ2v) is 4.91. The zero-order chi connectivity index (χ0) is 13.8. The minimum atomic E-state index is -0.611. The van der Waals surface area contributed by atoms with Gasteiger partial charge in [-0.15, -0.1) is 0 Å². The molecule has 4 nitrogen and oxygen atoms in total. The van der Waals surface area contributed by atoms with Crippen LogP contribution in [-0.4, -0.2) is 34.2 Å². The van der Waals surface area contributed by atoms with E-state index in [1.54, 1.807) is 4.90 Å². The standard InChI is InChI=1S/C14H17FN2O2/c1-10(18)8-11-4-2-3-7-17(11)14(19)12-5-6-16-9-13(12)15/h5-6,9,11H,2-4,7-8H2,1H3. The lowest BCUT2D eigenvalue weighted by molar-refractivity contribution is -0.118. The van der Waals surface area contributed by atoms with E-state index in [4.69, 9.17) is 0 Å². The van der Waals surface area contributed by atoms with Crippen LogP contribution < -0.4 is 0 Å². The van der Waals surface area contributed by atoms with Gasteiger partial charge in [-0.05, 0) is 32.3 Å². The third-order valence-corrected chi connectivity index (χ3v) is 3.41. The summed E-state index contributed by atoms with van der Waals surface area (Å²) in [6.07, 6.45) is 5.49. The maximum Gasteiger partial charge on any atom is 0.257 e. The van der Waals surface area contributed by atoms with Gasteiger partial charge >= 0.3 is 0 Å². The number of halogens is 1. The Hall–Kier alpha value is -1.78. The molecule has 0 radical (unpaired) electrons. The molecule has 19 heavy (non-hydrogen) atoms. The third kappa shape index (κ3) is 3.16. The Balaban J connectivity index is 2.20. The molecule has 1 aliphatic heterocycles. The number of amides is 1. The van der Waals surface area contributed by atoms with Gasteiger partial charge in [-0.1, -0.05) is 0 Å². The van der Waals surface area contributed by atoms with Gasteiger partial charge in [0.15, 0.2) is 5.82 Å². The quantitative estimate of drug-likeness (QED) is 0.841. The highest BCUT2D eigenvalue weighted by atomic mass is 19.1. The van der Waals surface area contributed by atoms with E-state index in [0.29, 0.717) is 13.0 Å². The number of aromatic nitrogens is 1. The van der Waals surface area contributed by atoms with E-state index >= 15 is 0 Å². The summed E-state index contributed by atoms with van der Waals surface area (Å²) in [5.41, 5.74) is 0.0328. The Kier molecular flexibility index (Phi) is 4.24. The van der Waals surface area contributed by atoms with Gasteiger partial charge in [0.25, 0.3) is 5.91 Å². The number of pyridine rings is 1. The number of likely N-dealkylation sites (tertiary alicyclic amines) is 1. The van der Waals surface area contributed by atoms with Crippen LogP contribution in [0.3, 0.4) is 0 Å². The Bertz CT molecular complexity index is 490. The van der Waals surface area contributed by atoms with Crippen LogP contribution in [0.25, 0.3) is 0 Å². The van der Waals surface area contributed by atoms with E-state index in [2.05, 4.69) is 4.98 Å². The second kappa shape index (κ2) is 5.91. The summed E-state index contributed by atoms with van der Waals surface area (Å²) in [4.78, 5) is 28.9. The maximum absolute atomic E-state index is 13.6. The maximum atomic E-state index is 13.6. The number of piperidine rings is 1. The number of carbonyl (C=O) groups is 2. The van der Waals surface area contributed by atoms with Crippen molar-refractivity contribution < 1.29 is 14.0 Å². The summed E-state index contributed by atoms with van der Waals surface area (Å²) in [7, 11) is 0. The number of Topliss-reactive ketones (excluding diaryl/α,β-unsaturated/α-hetero) is 1. The molecule has 1 fully saturated rings. The molecule has 102 valence electrons. The summed E-state index contributed by atoms with van der Waals surface area (Å²) in [6, 6.07) is 1.28. The van der Waals surface area contributed by atoms with Crippen LogP contribution in [0, 0.1) is 5.82 Å². The average Bonchev–Trinajstić information content (AvgIpc) is 2.38. The minimum Gasteiger partial charge on any atom is -0.335 e. The molecule has 1 aliphatic rings. The second-order valence-electron chi connectivity index (χ2n) is 4.91. The lowest BCUT2D eigenvalue weighted by Gasteiger charge is -2.35. The largest absolute Gasteiger partial charge is 0.335 e. The topological polar surface area (TPSA) is 50.3 Å². The van der Waals surface area contributed by atoms with Crippen LogP contribution >= 0.6 is 0 Å². The van der Waals surface area contributed by atoms with Crippen molar-refractivity contribution in [3.63, 3.8) is 0 Å². The highest BCUT2D eigenvalue weighted by Gasteiger charge is 2.29. The molecule has 0 spiro atoms. The summed E-state index contributed by atoms with van der Waals surface area (Å²) in [6.45, 7) is 2.10. The molecule has 2 rings (SSSR count). The third-order valence-electron chi connectivity index (χ3n) is 3.41. The molecule has 1 atom stereocenters. The van der Waals surface area contributed by atoms with Crippen molar-refractivity contribution >= 4 is 11.7 Å². The van der Waals surface area contributed by atoms with Gasteiger partial charge in [0.05, 0.1) is 11.8 Å². The van der Waals surface area contributed by atoms with Crippen molar-refractivity contribution in [3.05, 3.63) is 29.8 Å². The van der Waals surface area contributed by atoms with E-state index in [0.717, 1.165) is 25.5 Å². The predicted octanol–water partition coefficient (Wildman–Crippen LogP) is 2.19. The number of hydrogen-bond acceptors (Lipinski definition) is 3. The van der Waals surface area contributed by atoms with E-state index in [9.17, 15) is 14.0 Å². The van der Waals surface area contributed by atoms with Crippen molar-refractivity contribution in [2.75, 3.05) is 6.54 Å². The lowest BCUT2D eigenvalue weighted by atomic mass is 9.97. The van der Waals surface area contributed by atoms with Gasteiger partial charge < -0.3 is 4.90 Å². The smallest absolute Gasteiger partial charge is 0.257 e. The predicted molar refractivity (Wildman–Crippen MR) is 68.2 cm³/mol. The number of hydrogen-bond donors (Lipinski definition) is 0. The molecular formula is C14H17FN2O2. The molecular weight excluding hydrogens is 247 g/mol. The highest BCUT2D eigenvalue weighted by Crippen LogP contribution is 2.22. The molecule has 0 aromatic carbocycles.